The maximum absolute atomic E-state index is 13.5. The molecule has 0 aromatic heterocycles. The quantitative estimate of drug-likeness (QED) is 0.204. The number of nitrogens with zero attached hydrogens (tertiary/aromatic N) is 1. The first-order valence-corrected chi connectivity index (χ1v) is 14.5. The summed E-state index contributed by atoms with van der Waals surface area (Å²) >= 11 is 0. The van der Waals surface area contributed by atoms with Crippen LogP contribution < -0.4 is 22.1 Å². The second-order valence-corrected chi connectivity index (χ2v) is 11.0. The Morgan fingerprint density at radius 3 is 1.93 bits per heavy atom. The summed E-state index contributed by atoms with van der Waals surface area (Å²) in [5, 5.41) is 15.1. The number of carbonyl (C=O) groups excluding carboxylic acids is 4. The number of nitrogens with two attached hydrogens (primary N) is 2. The Kier molecular flexibility index (Phi) is 10.9. The summed E-state index contributed by atoms with van der Waals surface area (Å²) in [6.07, 6.45) is 2.12. The Balaban J connectivity index is 1.41. The summed E-state index contributed by atoms with van der Waals surface area (Å²) in [5.74, 6) is -1.69. The molecule has 0 unspecified atom stereocenters. The van der Waals surface area contributed by atoms with Crippen molar-refractivity contribution in [2.75, 3.05) is 6.54 Å². The van der Waals surface area contributed by atoms with Crippen LogP contribution in [0.3, 0.4) is 0 Å². The highest BCUT2D eigenvalue weighted by molar-refractivity contribution is 5.92. The first kappa shape index (κ1) is 31.2. The van der Waals surface area contributed by atoms with E-state index in [-0.39, 0.29) is 42.9 Å². The van der Waals surface area contributed by atoms with E-state index in [1.807, 2.05) is 60.7 Å². The summed E-state index contributed by atoms with van der Waals surface area (Å²) in [6, 6.07) is 22.0. The van der Waals surface area contributed by atoms with Crippen molar-refractivity contribution in [2.45, 2.75) is 62.7 Å². The third kappa shape index (κ3) is 9.14. The van der Waals surface area contributed by atoms with Gasteiger partial charge in [-0.15, -0.1) is 0 Å². The highest BCUT2D eigenvalue weighted by Crippen LogP contribution is 2.22. The molecule has 4 rings (SSSR count). The lowest BCUT2D eigenvalue weighted by Gasteiger charge is -2.28. The molecular formula is C33H39N5O5. The van der Waals surface area contributed by atoms with Gasteiger partial charge in [0, 0.05) is 31.8 Å². The topological polar surface area (TPSA) is 168 Å². The molecule has 0 bridgehead atoms. The third-order valence-electron chi connectivity index (χ3n) is 7.67. The maximum Gasteiger partial charge on any atom is 0.243 e. The zero-order valence-electron chi connectivity index (χ0n) is 24.0. The van der Waals surface area contributed by atoms with Crippen molar-refractivity contribution in [3.05, 3.63) is 102 Å². The molecule has 0 radical (unpaired) electrons. The van der Waals surface area contributed by atoms with E-state index in [0.717, 1.165) is 23.1 Å². The number of amides is 4. The second-order valence-electron chi connectivity index (χ2n) is 11.0. The summed E-state index contributed by atoms with van der Waals surface area (Å²) < 4.78 is 0. The van der Waals surface area contributed by atoms with E-state index in [1.54, 1.807) is 29.2 Å². The van der Waals surface area contributed by atoms with E-state index in [1.165, 1.54) is 0 Å². The maximum atomic E-state index is 13.5. The number of phenols is 1. The smallest absolute Gasteiger partial charge is 0.243 e. The lowest BCUT2D eigenvalue weighted by atomic mass is 10.0. The molecule has 10 heteroatoms. The minimum absolute atomic E-state index is 0.0134. The minimum Gasteiger partial charge on any atom is -0.508 e. The number of carbonyl (C=O) groups is 4. The molecular weight excluding hydrogens is 546 g/mol. The van der Waals surface area contributed by atoms with Gasteiger partial charge >= 0.3 is 0 Å². The van der Waals surface area contributed by atoms with Crippen LogP contribution in [0.4, 0.5) is 0 Å². The molecule has 0 aliphatic carbocycles. The van der Waals surface area contributed by atoms with Crippen LogP contribution in [-0.2, 0) is 38.4 Å². The average molecular weight is 586 g/mol. The fourth-order valence-electron chi connectivity index (χ4n) is 5.40. The highest BCUT2D eigenvalue weighted by atomic mass is 16.3. The number of nitrogens with one attached hydrogen (secondary N) is 2. The number of hydrogen-bond acceptors (Lipinski definition) is 6. The lowest BCUT2D eigenvalue weighted by molar-refractivity contribution is -0.135. The average Bonchev–Trinajstić information content (AvgIpc) is 3.46. The van der Waals surface area contributed by atoms with Gasteiger partial charge in [0.15, 0.2) is 0 Å². The summed E-state index contributed by atoms with van der Waals surface area (Å²) in [6.45, 7) is 0.494. The van der Waals surface area contributed by atoms with Crippen molar-refractivity contribution < 1.29 is 24.3 Å². The molecule has 0 spiro atoms. The van der Waals surface area contributed by atoms with Crippen molar-refractivity contribution in [3.8, 4) is 5.75 Å². The van der Waals surface area contributed by atoms with Gasteiger partial charge in [0.2, 0.25) is 23.6 Å². The monoisotopic (exact) mass is 585 g/mol. The van der Waals surface area contributed by atoms with Crippen molar-refractivity contribution in [3.63, 3.8) is 0 Å². The lowest BCUT2D eigenvalue weighted by Crippen LogP contribution is -2.55. The van der Waals surface area contributed by atoms with Crippen molar-refractivity contribution >= 4 is 23.6 Å². The summed E-state index contributed by atoms with van der Waals surface area (Å²) in [7, 11) is 0. The summed E-state index contributed by atoms with van der Waals surface area (Å²) in [5.41, 5.74) is 14.4. The van der Waals surface area contributed by atoms with Gasteiger partial charge in [0.25, 0.3) is 0 Å². The van der Waals surface area contributed by atoms with Gasteiger partial charge in [-0.3, -0.25) is 19.2 Å². The molecule has 4 amide bonds. The molecule has 0 saturated carbocycles. The normalized spacial score (nSPS) is 16.6. The first-order chi connectivity index (χ1) is 20.7. The number of benzene rings is 3. The molecule has 1 fully saturated rings. The number of primary amides is 1. The predicted octanol–water partition coefficient (Wildman–Crippen LogP) is 1.58. The molecule has 226 valence electrons. The Hall–Kier alpha value is -4.70. The van der Waals surface area contributed by atoms with Crippen LogP contribution in [-0.4, -0.2) is 64.3 Å². The summed E-state index contributed by atoms with van der Waals surface area (Å²) in [4.78, 5) is 53.9. The zero-order chi connectivity index (χ0) is 30.8. The Labute approximate surface area is 251 Å². The van der Waals surface area contributed by atoms with Crippen molar-refractivity contribution in [2.24, 2.45) is 11.5 Å². The third-order valence-corrected chi connectivity index (χ3v) is 7.67. The van der Waals surface area contributed by atoms with Gasteiger partial charge in [0.1, 0.15) is 17.8 Å². The number of hydrogen-bond donors (Lipinski definition) is 5. The van der Waals surface area contributed by atoms with E-state index >= 15 is 0 Å². The molecule has 7 N–H and O–H groups in total. The van der Waals surface area contributed by atoms with E-state index in [4.69, 9.17) is 11.5 Å². The van der Waals surface area contributed by atoms with Crippen LogP contribution >= 0.6 is 0 Å². The van der Waals surface area contributed by atoms with Crippen LogP contribution in [0, 0.1) is 0 Å². The second kappa shape index (κ2) is 15.0. The van der Waals surface area contributed by atoms with Gasteiger partial charge in [-0.2, -0.15) is 0 Å². The van der Waals surface area contributed by atoms with Crippen LogP contribution in [0.5, 0.6) is 5.75 Å². The van der Waals surface area contributed by atoms with E-state index in [2.05, 4.69) is 10.6 Å². The highest BCUT2D eigenvalue weighted by Gasteiger charge is 2.34. The van der Waals surface area contributed by atoms with E-state index in [0.29, 0.717) is 19.4 Å². The van der Waals surface area contributed by atoms with Crippen LogP contribution in [0.25, 0.3) is 0 Å². The van der Waals surface area contributed by atoms with Gasteiger partial charge in [-0.05, 0) is 48.1 Å². The molecule has 1 heterocycles. The Bertz CT molecular complexity index is 1380. The molecule has 1 aliphatic heterocycles. The number of aromatic hydroxyl groups is 1. The van der Waals surface area contributed by atoms with Crippen molar-refractivity contribution in [1.29, 1.82) is 0 Å². The molecule has 3 aromatic carbocycles. The van der Waals surface area contributed by atoms with Crippen molar-refractivity contribution in [1.82, 2.24) is 15.5 Å². The number of rotatable bonds is 13. The van der Waals surface area contributed by atoms with E-state index in [9.17, 15) is 24.3 Å². The standard InChI is InChI=1S/C33H39N5O5/c34-27(18-24-13-15-26(39)16-14-24)33(43)38-17-7-12-25(38)21-30(40)36-29(20-23-10-5-2-6-11-23)32(42)37-28(31(35)41)19-22-8-3-1-4-9-22/h1-6,8-11,13-16,25,27-29,39H,7,12,17-21,34H2,(H2,35,41)(H,36,40)(H,37,42)/t25-,27+,28+,29+/m1/s1. The van der Waals surface area contributed by atoms with Gasteiger partial charge in [0.05, 0.1) is 6.04 Å². The predicted molar refractivity (Wildman–Crippen MR) is 162 cm³/mol. The minimum atomic E-state index is -0.963. The molecule has 10 nitrogen and oxygen atoms in total. The fourth-order valence-corrected chi connectivity index (χ4v) is 5.40. The van der Waals surface area contributed by atoms with Crippen LogP contribution in [0.1, 0.15) is 36.0 Å². The molecule has 1 saturated heterocycles. The number of likely N-dealkylation sites (tertiary alicyclic amines) is 1. The van der Waals surface area contributed by atoms with Gasteiger partial charge in [-0.25, -0.2) is 0 Å². The molecule has 3 aromatic rings. The Morgan fingerprint density at radius 1 is 0.791 bits per heavy atom. The van der Waals surface area contributed by atoms with Crippen LogP contribution in [0.2, 0.25) is 0 Å². The fraction of sp³-hybridized carbons (Fsp3) is 0.333. The molecule has 1 aliphatic rings. The molecule has 4 atom stereocenters. The first-order valence-electron chi connectivity index (χ1n) is 14.5. The van der Waals surface area contributed by atoms with Gasteiger partial charge < -0.3 is 32.1 Å². The van der Waals surface area contributed by atoms with E-state index < -0.39 is 29.9 Å². The SMILES string of the molecule is NC(=O)[C@H](Cc1ccccc1)NC(=O)[C@H](Cc1ccccc1)NC(=O)C[C@H]1CCCN1C(=O)[C@@H](N)Cc1ccc(O)cc1. The molecule has 43 heavy (non-hydrogen) atoms. The van der Waals surface area contributed by atoms with Crippen LogP contribution in [0.15, 0.2) is 84.9 Å². The number of phenolic OH excluding ortho intramolecular Hbond substituents is 1. The van der Waals surface area contributed by atoms with Gasteiger partial charge in [-0.1, -0.05) is 72.8 Å². The largest absolute Gasteiger partial charge is 0.508 e. The Morgan fingerprint density at radius 2 is 1.35 bits per heavy atom. The zero-order valence-corrected chi connectivity index (χ0v) is 24.0.